The molecule has 208 valence electrons. The van der Waals surface area contributed by atoms with Crippen LogP contribution in [0, 0.1) is 6.92 Å². The predicted octanol–water partition coefficient (Wildman–Crippen LogP) is 5.83. The van der Waals surface area contributed by atoms with Crippen LogP contribution in [-0.2, 0) is 26.2 Å². The van der Waals surface area contributed by atoms with Crippen LogP contribution < -0.4 is 9.62 Å². The topological polar surface area (TPSA) is 86.8 Å². The number of amides is 2. The first kappa shape index (κ1) is 30.5. The number of sulfonamides is 1. The monoisotopic (exact) mass is 589 g/mol. The second-order valence-electron chi connectivity index (χ2n) is 10.4. The molecule has 0 unspecified atom stereocenters. The van der Waals surface area contributed by atoms with Crippen molar-refractivity contribution in [1.29, 1.82) is 0 Å². The van der Waals surface area contributed by atoms with Crippen LogP contribution in [0.15, 0.2) is 77.7 Å². The van der Waals surface area contributed by atoms with Crippen molar-refractivity contribution in [2.45, 2.75) is 57.6 Å². The maximum Gasteiger partial charge on any atom is 0.264 e. The van der Waals surface area contributed by atoms with Crippen molar-refractivity contribution in [3.63, 3.8) is 0 Å². The second-order valence-corrected chi connectivity index (χ2v) is 13.1. The number of rotatable bonds is 9. The molecule has 7 nitrogen and oxygen atoms in total. The van der Waals surface area contributed by atoms with Crippen molar-refractivity contribution in [3.05, 3.63) is 94.0 Å². The minimum absolute atomic E-state index is 0.0386. The molecule has 39 heavy (non-hydrogen) atoms. The summed E-state index contributed by atoms with van der Waals surface area (Å²) in [6.07, 6.45) is 0. The normalized spacial score (nSPS) is 12.5. The number of nitrogens with one attached hydrogen (secondary N) is 1. The highest BCUT2D eigenvalue weighted by molar-refractivity contribution is 7.92. The van der Waals surface area contributed by atoms with E-state index in [1.165, 1.54) is 35.2 Å². The van der Waals surface area contributed by atoms with Crippen molar-refractivity contribution in [2.75, 3.05) is 10.8 Å². The van der Waals surface area contributed by atoms with Crippen molar-refractivity contribution in [2.24, 2.45) is 0 Å². The third-order valence-electron chi connectivity index (χ3n) is 5.92. The maximum absolute atomic E-state index is 13.9. The van der Waals surface area contributed by atoms with Crippen LogP contribution in [0.4, 0.5) is 5.69 Å². The molecule has 0 heterocycles. The summed E-state index contributed by atoms with van der Waals surface area (Å²) in [4.78, 5) is 28.4. The van der Waals surface area contributed by atoms with Crippen LogP contribution in [0.25, 0.3) is 0 Å². The Labute approximate surface area is 240 Å². The molecule has 1 atom stereocenters. The smallest absolute Gasteiger partial charge is 0.264 e. The van der Waals surface area contributed by atoms with Crippen LogP contribution in [0.5, 0.6) is 0 Å². The highest BCUT2D eigenvalue weighted by Gasteiger charge is 2.33. The Hall–Kier alpha value is -3.07. The van der Waals surface area contributed by atoms with Crippen LogP contribution in [0.1, 0.15) is 38.8 Å². The summed E-state index contributed by atoms with van der Waals surface area (Å²) < 4.78 is 28.6. The molecule has 0 spiro atoms. The molecular formula is C29H33Cl2N3O4S. The highest BCUT2D eigenvalue weighted by Crippen LogP contribution is 2.27. The van der Waals surface area contributed by atoms with Crippen molar-refractivity contribution >= 4 is 50.7 Å². The zero-order valence-corrected chi connectivity index (χ0v) is 24.9. The summed E-state index contributed by atoms with van der Waals surface area (Å²) in [6.45, 7) is 8.70. The molecule has 0 saturated heterocycles. The lowest BCUT2D eigenvalue weighted by molar-refractivity contribution is -0.140. The average molecular weight is 591 g/mol. The second kappa shape index (κ2) is 12.4. The molecule has 0 aliphatic rings. The van der Waals surface area contributed by atoms with Gasteiger partial charge < -0.3 is 10.2 Å². The number of aryl methyl sites for hydroxylation is 1. The van der Waals surface area contributed by atoms with E-state index in [-0.39, 0.29) is 23.0 Å². The number of benzene rings is 3. The van der Waals surface area contributed by atoms with Crippen LogP contribution >= 0.6 is 23.2 Å². The van der Waals surface area contributed by atoms with Crippen molar-refractivity contribution in [1.82, 2.24) is 10.2 Å². The number of halogens is 2. The molecule has 0 aromatic heterocycles. The van der Waals surface area contributed by atoms with Crippen molar-refractivity contribution in [3.8, 4) is 0 Å². The summed E-state index contributed by atoms with van der Waals surface area (Å²) in [5, 5.41) is 3.60. The summed E-state index contributed by atoms with van der Waals surface area (Å²) >= 11 is 12.2. The van der Waals surface area contributed by atoms with E-state index in [1.807, 2.05) is 52.0 Å². The Morgan fingerprint density at radius 1 is 0.923 bits per heavy atom. The van der Waals surface area contributed by atoms with Gasteiger partial charge in [0, 0.05) is 22.1 Å². The zero-order chi connectivity index (χ0) is 29.0. The van der Waals surface area contributed by atoms with E-state index in [9.17, 15) is 18.0 Å². The van der Waals surface area contributed by atoms with Gasteiger partial charge in [0.25, 0.3) is 10.0 Å². The average Bonchev–Trinajstić information content (AvgIpc) is 2.85. The summed E-state index contributed by atoms with van der Waals surface area (Å²) in [7, 11) is -4.20. The largest absolute Gasteiger partial charge is 0.350 e. The molecule has 3 rings (SSSR count). The van der Waals surface area contributed by atoms with E-state index in [0.29, 0.717) is 10.0 Å². The number of carbonyl (C=O) groups excluding carboxylic acids is 2. The fourth-order valence-electron chi connectivity index (χ4n) is 3.84. The molecule has 0 fully saturated rings. The third kappa shape index (κ3) is 8.21. The van der Waals surface area contributed by atoms with Crippen LogP contribution in [0.3, 0.4) is 0 Å². The summed E-state index contributed by atoms with van der Waals surface area (Å²) in [5.74, 6) is -0.900. The zero-order valence-electron chi connectivity index (χ0n) is 22.6. The third-order valence-corrected chi connectivity index (χ3v) is 8.19. The SMILES string of the molecule is Cc1ccc(CN(C(=O)CN(c2cccc(Cl)c2)S(=O)(=O)c2ccc(Cl)cc2)[C@@H](C)C(=O)NC(C)(C)C)cc1. The Balaban J connectivity index is 2.03. The molecule has 0 saturated carbocycles. The molecule has 10 heteroatoms. The van der Waals surface area contributed by atoms with E-state index in [1.54, 1.807) is 25.1 Å². The first-order valence-electron chi connectivity index (χ1n) is 12.4. The molecule has 3 aromatic rings. The van der Waals surface area contributed by atoms with E-state index in [2.05, 4.69) is 5.32 Å². The molecule has 0 aliphatic carbocycles. The van der Waals surface area contributed by atoms with Gasteiger partial charge in [-0.15, -0.1) is 0 Å². The highest BCUT2D eigenvalue weighted by atomic mass is 35.5. The summed E-state index contributed by atoms with van der Waals surface area (Å²) in [5.41, 5.74) is 1.55. The van der Waals surface area contributed by atoms with E-state index in [4.69, 9.17) is 23.2 Å². The van der Waals surface area contributed by atoms with Gasteiger partial charge in [0.1, 0.15) is 12.6 Å². The number of hydrogen-bond acceptors (Lipinski definition) is 4. The van der Waals surface area contributed by atoms with Crippen LogP contribution in [0.2, 0.25) is 10.0 Å². The fourth-order valence-corrected chi connectivity index (χ4v) is 5.56. The molecule has 2 amide bonds. The molecular weight excluding hydrogens is 557 g/mol. The minimum atomic E-state index is -4.20. The Bertz CT molecular complexity index is 1420. The Morgan fingerprint density at radius 3 is 2.10 bits per heavy atom. The minimum Gasteiger partial charge on any atom is -0.350 e. The lowest BCUT2D eigenvalue weighted by atomic mass is 10.1. The maximum atomic E-state index is 13.9. The lowest BCUT2D eigenvalue weighted by Crippen LogP contribution is -2.54. The quantitative estimate of drug-likeness (QED) is 0.340. The van der Waals surface area contributed by atoms with Gasteiger partial charge >= 0.3 is 0 Å². The fraction of sp³-hybridized carbons (Fsp3) is 0.310. The van der Waals surface area contributed by atoms with E-state index >= 15 is 0 Å². The molecule has 0 radical (unpaired) electrons. The Morgan fingerprint density at radius 2 is 1.54 bits per heavy atom. The molecule has 0 bridgehead atoms. The molecule has 3 aromatic carbocycles. The van der Waals surface area contributed by atoms with Gasteiger partial charge in [-0.3, -0.25) is 13.9 Å². The van der Waals surface area contributed by atoms with Gasteiger partial charge in [0.05, 0.1) is 10.6 Å². The van der Waals surface area contributed by atoms with Gasteiger partial charge in [-0.25, -0.2) is 8.42 Å². The lowest BCUT2D eigenvalue weighted by Gasteiger charge is -2.33. The van der Waals surface area contributed by atoms with E-state index in [0.717, 1.165) is 15.4 Å². The molecule has 1 N–H and O–H groups in total. The number of anilines is 1. The number of nitrogens with zero attached hydrogens (tertiary/aromatic N) is 2. The summed E-state index contributed by atoms with van der Waals surface area (Å²) in [6, 6.07) is 18.7. The van der Waals surface area contributed by atoms with Crippen molar-refractivity contribution < 1.29 is 18.0 Å². The predicted molar refractivity (Wildman–Crippen MR) is 157 cm³/mol. The number of carbonyl (C=O) groups is 2. The number of hydrogen-bond donors (Lipinski definition) is 1. The van der Waals surface area contributed by atoms with Crippen LogP contribution in [-0.4, -0.2) is 43.3 Å². The first-order chi connectivity index (χ1) is 18.2. The van der Waals surface area contributed by atoms with Gasteiger partial charge in [0.15, 0.2) is 0 Å². The van der Waals surface area contributed by atoms with Gasteiger partial charge in [-0.05, 0) is 82.6 Å². The van der Waals surface area contributed by atoms with E-state index < -0.39 is 34.1 Å². The Kier molecular flexibility index (Phi) is 9.69. The van der Waals surface area contributed by atoms with Gasteiger partial charge in [0.2, 0.25) is 11.8 Å². The molecule has 0 aliphatic heterocycles. The van der Waals surface area contributed by atoms with Gasteiger partial charge in [-0.1, -0.05) is 59.1 Å². The van der Waals surface area contributed by atoms with Gasteiger partial charge in [-0.2, -0.15) is 0 Å². The first-order valence-corrected chi connectivity index (χ1v) is 14.6. The standard InChI is InChI=1S/C29H33Cl2N3O4S/c1-20-9-11-22(12-10-20)18-33(21(2)28(36)32-29(3,4)5)27(35)19-34(25-8-6-7-24(31)17-25)39(37,38)26-15-13-23(30)14-16-26/h6-17,21H,18-19H2,1-5H3,(H,32,36)/t21-/m0/s1.